The molecule has 0 aliphatic rings. The van der Waals surface area contributed by atoms with Crippen molar-refractivity contribution < 1.29 is 19.0 Å². The van der Waals surface area contributed by atoms with E-state index in [1.165, 1.54) is 19.1 Å². The van der Waals surface area contributed by atoms with Crippen LogP contribution in [0.15, 0.2) is 36.4 Å². The molecule has 0 saturated carbocycles. The first-order valence-electron chi connectivity index (χ1n) is 7.67. The molecule has 0 fully saturated rings. The highest BCUT2D eigenvalue weighted by Crippen LogP contribution is 2.29. The average molecular weight is 361 g/mol. The molecule has 2 rings (SSSR count). The standard InChI is InChI=1S/C17H16FN3O5/c1-10(7-12-3-5-14(18)6-4-12)19-17(22)13-8-15(20(23)24)11(2)16(9-13)21(25)26/h3-6,8-10H,7H2,1-2H3,(H,19,22)/t10-/m0/s1. The van der Waals surface area contributed by atoms with Crippen molar-refractivity contribution in [2.75, 3.05) is 0 Å². The highest BCUT2D eigenvalue weighted by atomic mass is 19.1. The minimum absolute atomic E-state index is 0.115. The Morgan fingerprint density at radius 1 is 1.12 bits per heavy atom. The van der Waals surface area contributed by atoms with Gasteiger partial charge in [-0.3, -0.25) is 25.0 Å². The largest absolute Gasteiger partial charge is 0.349 e. The summed E-state index contributed by atoms with van der Waals surface area (Å²) in [6.07, 6.45) is 0.405. The maximum atomic E-state index is 12.9. The first-order valence-corrected chi connectivity index (χ1v) is 7.67. The molecule has 0 heterocycles. The van der Waals surface area contributed by atoms with Gasteiger partial charge in [0.05, 0.1) is 15.4 Å². The zero-order valence-electron chi connectivity index (χ0n) is 14.1. The summed E-state index contributed by atoms with van der Waals surface area (Å²) >= 11 is 0. The molecule has 1 amide bonds. The van der Waals surface area contributed by atoms with Crippen LogP contribution in [0.2, 0.25) is 0 Å². The molecule has 136 valence electrons. The second-order valence-corrected chi connectivity index (χ2v) is 5.86. The number of rotatable bonds is 6. The Balaban J connectivity index is 2.21. The van der Waals surface area contributed by atoms with E-state index in [2.05, 4.69) is 5.32 Å². The summed E-state index contributed by atoms with van der Waals surface area (Å²) in [7, 11) is 0. The van der Waals surface area contributed by atoms with Crippen LogP contribution in [0.5, 0.6) is 0 Å². The zero-order chi connectivity index (χ0) is 19.4. The Morgan fingerprint density at radius 2 is 1.62 bits per heavy atom. The van der Waals surface area contributed by atoms with E-state index in [0.29, 0.717) is 6.42 Å². The van der Waals surface area contributed by atoms with Gasteiger partial charge in [0.1, 0.15) is 11.4 Å². The first kappa shape index (κ1) is 19.0. The van der Waals surface area contributed by atoms with Crippen LogP contribution in [-0.2, 0) is 6.42 Å². The molecule has 1 atom stereocenters. The highest BCUT2D eigenvalue weighted by Gasteiger charge is 2.25. The summed E-state index contributed by atoms with van der Waals surface area (Å²) in [5.74, 6) is -1.03. The maximum absolute atomic E-state index is 12.9. The smallest absolute Gasteiger partial charge is 0.279 e. The fourth-order valence-corrected chi connectivity index (χ4v) is 2.53. The molecule has 9 heteroatoms. The number of benzene rings is 2. The van der Waals surface area contributed by atoms with Crippen molar-refractivity contribution in [1.29, 1.82) is 0 Å². The molecule has 0 aromatic heterocycles. The number of halogens is 1. The summed E-state index contributed by atoms with van der Waals surface area (Å²) in [5.41, 5.74) is -0.470. The molecule has 0 aliphatic heterocycles. The molecule has 2 aromatic carbocycles. The molecule has 0 saturated heterocycles. The summed E-state index contributed by atoms with van der Waals surface area (Å²) in [5, 5.41) is 24.8. The second-order valence-electron chi connectivity index (χ2n) is 5.86. The predicted octanol–water partition coefficient (Wildman–Crippen LogP) is 3.31. The monoisotopic (exact) mass is 361 g/mol. The van der Waals surface area contributed by atoms with Gasteiger partial charge in [-0.05, 0) is 38.0 Å². The van der Waals surface area contributed by atoms with E-state index in [9.17, 15) is 29.4 Å². The number of nitrogens with one attached hydrogen (secondary N) is 1. The van der Waals surface area contributed by atoms with Crippen LogP contribution in [0.4, 0.5) is 15.8 Å². The summed E-state index contributed by atoms with van der Waals surface area (Å²) in [6.45, 7) is 2.97. The van der Waals surface area contributed by atoms with Crippen molar-refractivity contribution in [3.8, 4) is 0 Å². The van der Waals surface area contributed by atoms with Crippen LogP contribution in [0.3, 0.4) is 0 Å². The SMILES string of the molecule is Cc1c([N+](=O)[O-])cc(C(=O)N[C@@H](C)Cc2ccc(F)cc2)cc1[N+](=O)[O-]. The van der Waals surface area contributed by atoms with E-state index >= 15 is 0 Å². The second kappa shape index (κ2) is 7.68. The molecular weight excluding hydrogens is 345 g/mol. The molecule has 0 unspecified atom stereocenters. The normalized spacial score (nSPS) is 11.7. The number of carbonyl (C=O) groups excluding carboxylic acids is 1. The molecule has 0 bridgehead atoms. The fourth-order valence-electron chi connectivity index (χ4n) is 2.53. The molecule has 26 heavy (non-hydrogen) atoms. The maximum Gasteiger partial charge on any atom is 0.279 e. The van der Waals surface area contributed by atoms with Crippen molar-refractivity contribution in [3.63, 3.8) is 0 Å². The van der Waals surface area contributed by atoms with Crippen LogP contribution < -0.4 is 5.32 Å². The predicted molar refractivity (Wildman–Crippen MR) is 91.5 cm³/mol. The minimum atomic E-state index is -0.763. The van der Waals surface area contributed by atoms with E-state index < -0.39 is 27.1 Å². The zero-order valence-corrected chi connectivity index (χ0v) is 14.1. The lowest BCUT2D eigenvalue weighted by atomic mass is 10.0. The van der Waals surface area contributed by atoms with Crippen molar-refractivity contribution >= 4 is 17.3 Å². The van der Waals surface area contributed by atoms with Crippen molar-refractivity contribution in [1.82, 2.24) is 5.32 Å². The van der Waals surface area contributed by atoms with E-state index in [1.54, 1.807) is 19.1 Å². The first-order chi connectivity index (χ1) is 12.2. The number of amides is 1. The lowest BCUT2D eigenvalue weighted by Gasteiger charge is -2.14. The molecule has 0 spiro atoms. The summed E-state index contributed by atoms with van der Waals surface area (Å²) < 4.78 is 12.9. The minimum Gasteiger partial charge on any atom is -0.349 e. The molecular formula is C17H16FN3O5. The lowest BCUT2D eigenvalue weighted by molar-refractivity contribution is -0.395. The Hall–Kier alpha value is -3.36. The molecule has 0 aliphatic carbocycles. The third-order valence-corrected chi connectivity index (χ3v) is 3.84. The lowest BCUT2D eigenvalue weighted by Crippen LogP contribution is -2.34. The number of nitrogens with zero attached hydrogens (tertiary/aromatic N) is 2. The Labute approximate surface area is 147 Å². The van der Waals surface area contributed by atoms with Crippen molar-refractivity contribution in [2.45, 2.75) is 26.3 Å². The quantitative estimate of drug-likeness (QED) is 0.626. The van der Waals surface area contributed by atoms with Gasteiger partial charge in [0.2, 0.25) is 0 Å². The number of nitro benzene ring substituents is 2. The number of hydrogen-bond acceptors (Lipinski definition) is 5. The van der Waals surface area contributed by atoms with Gasteiger partial charge in [0, 0.05) is 18.2 Å². The summed E-state index contributed by atoms with van der Waals surface area (Å²) in [4.78, 5) is 33.0. The van der Waals surface area contributed by atoms with Crippen LogP contribution in [0.25, 0.3) is 0 Å². The average Bonchev–Trinajstić information content (AvgIpc) is 2.56. The molecule has 1 N–H and O–H groups in total. The molecule has 8 nitrogen and oxygen atoms in total. The Bertz CT molecular complexity index is 832. The summed E-state index contributed by atoms with van der Waals surface area (Å²) in [6, 6.07) is 7.43. The van der Waals surface area contributed by atoms with Crippen molar-refractivity contribution in [2.24, 2.45) is 0 Å². The van der Waals surface area contributed by atoms with Gasteiger partial charge in [-0.2, -0.15) is 0 Å². The van der Waals surface area contributed by atoms with E-state index in [0.717, 1.165) is 17.7 Å². The van der Waals surface area contributed by atoms with Gasteiger partial charge in [-0.15, -0.1) is 0 Å². The van der Waals surface area contributed by atoms with Crippen LogP contribution in [0.1, 0.15) is 28.4 Å². The molecule has 2 aromatic rings. The fraction of sp³-hybridized carbons (Fsp3) is 0.235. The van der Waals surface area contributed by atoms with Crippen LogP contribution in [-0.4, -0.2) is 21.8 Å². The topological polar surface area (TPSA) is 115 Å². The number of nitro groups is 2. The highest BCUT2D eigenvalue weighted by molar-refractivity contribution is 5.96. The number of carbonyl (C=O) groups is 1. The molecule has 0 radical (unpaired) electrons. The van der Waals surface area contributed by atoms with Gasteiger partial charge in [-0.25, -0.2) is 4.39 Å². The number of hydrogen-bond donors (Lipinski definition) is 1. The van der Waals surface area contributed by atoms with Gasteiger partial charge in [-0.1, -0.05) is 12.1 Å². The van der Waals surface area contributed by atoms with E-state index in [4.69, 9.17) is 0 Å². The van der Waals surface area contributed by atoms with Crippen molar-refractivity contribution in [3.05, 3.63) is 79.1 Å². The van der Waals surface area contributed by atoms with Gasteiger partial charge >= 0.3 is 0 Å². The van der Waals surface area contributed by atoms with Gasteiger partial charge in [0.15, 0.2) is 0 Å². The van der Waals surface area contributed by atoms with E-state index in [-0.39, 0.29) is 23.0 Å². The van der Waals surface area contributed by atoms with Crippen LogP contribution in [0, 0.1) is 33.0 Å². The Kier molecular flexibility index (Phi) is 5.61. The third kappa shape index (κ3) is 4.38. The van der Waals surface area contributed by atoms with Crippen LogP contribution >= 0.6 is 0 Å². The van der Waals surface area contributed by atoms with Gasteiger partial charge in [0.25, 0.3) is 17.3 Å². The van der Waals surface area contributed by atoms with Gasteiger partial charge < -0.3 is 5.32 Å². The van der Waals surface area contributed by atoms with E-state index in [1.807, 2.05) is 0 Å². The Morgan fingerprint density at radius 3 is 2.08 bits per heavy atom. The third-order valence-electron chi connectivity index (χ3n) is 3.84.